The van der Waals surface area contributed by atoms with Crippen LogP contribution in [0.15, 0.2) is 35.1 Å². The van der Waals surface area contributed by atoms with E-state index < -0.39 is 75.6 Å². The highest BCUT2D eigenvalue weighted by Gasteiger charge is 2.68. The SMILES string of the molecule is C[C@H]1c2cccc(O)c2C(O)=C2C(=O)[C@]3(O)C(O)=C(C(N)=O)C(=O)[C@@H](N(C)C)[C@H]3[C@@H](O)[C@@H]21.Cl. The van der Waals surface area contributed by atoms with E-state index in [9.17, 15) is 39.9 Å². The quantitative estimate of drug-likeness (QED) is 0.315. The maximum absolute atomic E-state index is 13.7. The first-order valence-corrected chi connectivity index (χ1v) is 10.0. The Kier molecular flexibility index (Phi) is 5.87. The number of Topliss-reactive ketones (excluding diaryl/α,β-unsaturated/α-hetero) is 2. The van der Waals surface area contributed by atoms with Crippen LogP contribution in [0.1, 0.15) is 24.0 Å². The van der Waals surface area contributed by atoms with E-state index in [2.05, 4.69) is 0 Å². The lowest BCUT2D eigenvalue weighted by Crippen LogP contribution is -2.70. The third-order valence-electron chi connectivity index (χ3n) is 6.99. The van der Waals surface area contributed by atoms with Crippen LogP contribution >= 0.6 is 12.4 Å². The molecule has 0 aliphatic heterocycles. The average molecular weight is 481 g/mol. The van der Waals surface area contributed by atoms with Crippen molar-refractivity contribution >= 4 is 35.6 Å². The number of carbonyl (C=O) groups is 3. The Bertz CT molecular complexity index is 1140. The minimum absolute atomic E-state index is 0. The average Bonchev–Trinajstić information content (AvgIpc) is 2.70. The summed E-state index contributed by atoms with van der Waals surface area (Å²) in [7, 11) is 2.92. The number of aliphatic hydroxyl groups excluding tert-OH is 3. The van der Waals surface area contributed by atoms with Crippen LogP contribution in [0.3, 0.4) is 0 Å². The first kappa shape index (κ1) is 24.7. The van der Waals surface area contributed by atoms with E-state index in [1.165, 1.54) is 25.1 Å². The van der Waals surface area contributed by atoms with Gasteiger partial charge in [-0.25, -0.2) is 0 Å². The fraction of sp³-hybridized carbons (Fsp3) is 0.409. The Hall–Kier alpha value is -2.92. The molecule has 4 rings (SSSR count). The van der Waals surface area contributed by atoms with Gasteiger partial charge in [0.1, 0.15) is 22.8 Å². The number of ketones is 2. The van der Waals surface area contributed by atoms with Crippen molar-refractivity contribution in [2.24, 2.45) is 17.6 Å². The lowest BCUT2D eigenvalue weighted by atomic mass is 9.54. The number of hydrogen-bond donors (Lipinski definition) is 6. The van der Waals surface area contributed by atoms with Gasteiger partial charge in [0.05, 0.1) is 23.6 Å². The van der Waals surface area contributed by atoms with Gasteiger partial charge in [0, 0.05) is 11.5 Å². The van der Waals surface area contributed by atoms with E-state index >= 15 is 0 Å². The molecule has 1 amide bonds. The van der Waals surface area contributed by atoms with Crippen molar-refractivity contribution in [2.45, 2.75) is 30.6 Å². The van der Waals surface area contributed by atoms with Gasteiger partial charge in [-0.3, -0.25) is 19.3 Å². The molecule has 178 valence electrons. The van der Waals surface area contributed by atoms with Crippen molar-refractivity contribution in [3.05, 3.63) is 46.2 Å². The summed E-state index contributed by atoms with van der Waals surface area (Å²) in [6.45, 7) is 1.68. The number of halogens is 1. The van der Waals surface area contributed by atoms with Crippen LogP contribution in [-0.4, -0.2) is 79.7 Å². The summed E-state index contributed by atoms with van der Waals surface area (Å²) in [6.07, 6.45) is -1.59. The molecule has 0 unspecified atom stereocenters. The Morgan fingerprint density at radius 2 is 1.76 bits per heavy atom. The third kappa shape index (κ3) is 2.95. The lowest BCUT2D eigenvalue weighted by molar-refractivity contribution is -0.169. The molecule has 0 aromatic heterocycles. The number of carbonyl (C=O) groups excluding carboxylic acids is 3. The van der Waals surface area contributed by atoms with E-state index in [1.807, 2.05) is 0 Å². The van der Waals surface area contributed by atoms with Crippen LogP contribution in [0.2, 0.25) is 0 Å². The molecule has 1 aromatic carbocycles. The number of hydrogen-bond acceptors (Lipinski definition) is 9. The number of aliphatic hydroxyl groups is 4. The molecule has 7 N–H and O–H groups in total. The highest BCUT2D eigenvalue weighted by atomic mass is 35.5. The standard InChI is InChI=1S/C22H24N2O8.ClH/c1-7-8-5-4-6-9(25)11(8)16(26)12-10(7)17(27)14-15(24(2)3)18(28)13(21(23)31)20(30)22(14,32)19(12)29;/h4-7,10,14-15,17,25-27,30,32H,1-3H3,(H2,23,31);1H/t7-,10+,14-,15-,17-,22-;/m0./s1. The third-order valence-corrected chi connectivity index (χ3v) is 6.99. The summed E-state index contributed by atoms with van der Waals surface area (Å²) in [6, 6.07) is 3.13. The fourth-order valence-electron chi connectivity index (χ4n) is 5.58. The number of amides is 1. The minimum Gasteiger partial charge on any atom is -0.508 e. The smallest absolute Gasteiger partial charge is 0.255 e. The predicted molar refractivity (Wildman–Crippen MR) is 118 cm³/mol. The van der Waals surface area contributed by atoms with Crippen LogP contribution in [0.5, 0.6) is 5.75 Å². The fourth-order valence-corrected chi connectivity index (χ4v) is 5.58. The molecule has 0 bridgehead atoms. The maximum atomic E-state index is 13.7. The summed E-state index contributed by atoms with van der Waals surface area (Å²) in [5, 5.41) is 54.9. The molecule has 1 saturated carbocycles. The van der Waals surface area contributed by atoms with Gasteiger partial charge in [-0.15, -0.1) is 12.4 Å². The zero-order chi connectivity index (χ0) is 23.9. The number of likely N-dealkylation sites (N-methyl/N-ethyl adjacent to an activating group) is 1. The monoisotopic (exact) mass is 480 g/mol. The van der Waals surface area contributed by atoms with E-state index in [0.29, 0.717) is 5.56 Å². The van der Waals surface area contributed by atoms with Crippen molar-refractivity contribution in [1.82, 2.24) is 4.90 Å². The molecule has 3 aliphatic carbocycles. The van der Waals surface area contributed by atoms with Gasteiger partial charge in [0.2, 0.25) is 5.78 Å². The maximum Gasteiger partial charge on any atom is 0.255 e. The zero-order valence-corrected chi connectivity index (χ0v) is 18.8. The van der Waals surface area contributed by atoms with Gasteiger partial charge < -0.3 is 31.3 Å². The normalized spacial score (nSPS) is 33.3. The Morgan fingerprint density at radius 3 is 2.30 bits per heavy atom. The van der Waals surface area contributed by atoms with Crippen molar-refractivity contribution in [2.75, 3.05) is 14.1 Å². The summed E-state index contributed by atoms with van der Waals surface area (Å²) < 4.78 is 0. The number of primary amides is 1. The molecule has 10 nitrogen and oxygen atoms in total. The van der Waals surface area contributed by atoms with Crippen molar-refractivity contribution < 1.29 is 39.9 Å². The van der Waals surface area contributed by atoms with E-state index in [0.717, 1.165) is 0 Å². The molecule has 6 atom stereocenters. The first-order valence-electron chi connectivity index (χ1n) is 10.0. The van der Waals surface area contributed by atoms with Crippen LogP contribution in [0.25, 0.3) is 5.76 Å². The van der Waals surface area contributed by atoms with Crippen molar-refractivity contribution in [1.29, 1.82) is 0 Å². The zero-order valence-electron chi connectivity index (χ0n) is 18.0. The lowest BCUT2D eigenvalue weighted by Gasteiger charge is -2.53. The van der Waals surface area contributed by atoms with Gasteiger partial charge in [-0.1, -0.05) is 19.1 Å². The Labute approximate surface area is 195 Å². The number of benzene rings is 1. The molecule has 1 fully saturated rings. The molecular weight excluding hydrogens is 456 g/mol. The largest absolute Gasteiger partial charge is 0.508 e. The molecular formula is C22H25ClN2O8. The summed E-state index contributed by atoms with van der Waals surface area (Å²) >= 11 is 0. The highest BCUT2D eigenvalue weighted by Crippen LogP contribution is 2.55. The van der Waals surface area contributed by atoms with Gasteiger partial charge in [0.15, 0.2) is 11.4 Å². The van der Waals surface area contributed by atoms with Crippen LogP contribution < -0.4 is 5.73 Å². The Balaban J connectivity index is 0.00000306. The predicted octanol–water partition coefficient (Wildman–Crippen LogP) is -0.0824. The molecule has 1 aromatic rings. The van der Waals surface area contributed by atoms with Gasteiger partial charge in [0.25, 0.3) is 5.91 Å². The van der Waals surface area contributed by atoms with Crippen LogP contribution in [-0.2, 0) is 14.4 Å². The second-order valence-electron chi connectivity index (χ2n) is 8.79. The molecule has 0 saturated heterocycles. The van der Waals surface area contributed by atoms with Gasteiger partial charge in [-0.2, -0.15) is 0 Å². The van der Waals surface area contributed by atoms with E-state index in [-0.39, 0.29) is 23.7 Å². The Morgan fingerprint density at radius 1 is 1.15 bits per heavy atom. The van der Waals surface area contributed by atoms with Gasteiger partial charge in [-0.05, 0) is 31.6 Å². The number of phenolic OH excluding ortho intramolecular Hbond substituents is 1. The van der Waals surface area contributed by atoms with E-state index in [1.54, 1.807) is 19.1 Å². The molecule has 11 heteroatoms. The summed E-state index contributed by atoms with van der Waals surface area (Å²) in [5.41, 5.74) is 1.47. The minimum atomic E-state index is -2.89. The molecule has 0 heterocycles. The molecule has 0 spiro atoms. The van der Waals surface area contributed by atoms with Gasteiger partial charge >= 0.3 is 0 Å². The second-order valence-corrected chi connectivity index (χ2v) is 8.79. The second kappa shape index (κ2) is 7.84. The van der Waals surface area contributed by atoms with Crippen molar-refractivity contribution in [3.63, 3.8) is 0 Å². The summed E-state index contributed by atoms with van der Waals surface area (Å²) in [5.74, 6) is -8.87. The van der Waals surface area contributed by atoms with Crippen molar-refractivity contribution in [3.8, 4) is 5.75 Å². The first-order chi connectivity index (χ1) is 14.9. The highest BCUT2D eigenvalue weighted by molar-refractivity contribution is 6.24. The van der Waals surface area contributed by atoms with E-state index in [4.69, 9.17) is 5.73 Å². The topological polar surface area (TPSA) is 182 Å². The molecule has 33 heavy (non-hydrogen) atoms. The van der Waals surface area contributed by atoms with Crippen LogP contribution in [0, 0.1) is 11.8 Å². The summed E-state index contributed by atoms with van der Waals surface area (Å²) in [4.78, 5) is 40.0. The number of rotatable bonds is 2. The number of fused-ring (bicyclic) bond motifs is 3. The number of nitrogens with two attached hydrogens (primary N) is 1. The number of nitrogens with zero attached hydrogens (tertiary/aromatic N) is 1. The number of phenols is 1. The molecule has 0 radical (unpaired) electrons. The molecule has 3 aliphatic rings. The van der Waals surface area contributed by atoms with Crippen LogP contribution in [0.4, 0.5) is 0 Å². The number of aromatic hydroxyl groups is 1.